The summed E-state index contributed by atoms with van der Waals surface area (Å²) in [6.45, 7) is 0.773. The Kier molecular flexibility index (Phi) is 6.09. The molecule has 3 N–H and O–H groups in total. The van der Waals surface area contributed by atoms with Crippen molar-refractivity contribution in [3.05, 3.63) is 58.6 Å². The van der Waals surface area contributed by atoms with E-state index in [-0.39, 0.29) is 16.6 Å². The molecule has 5 nitrogen and oxygen atoms in total. The van der Waals surface area contributed by atoms with Gasteiger partial charge in [0.25, 0.3) is 5.91 Å². The van der Waals surface area contributed by atoms with Crippen molar-refractivity contribution in [2.75, 3.05) is 11.9 Å². The lowest BCUT2D eigenvalue weighted by atomic mass is 9.86. The Morgan fingerprint density at radius 1 is 1.13 bits per heavy atom. The number of nitrogens with zero attached hydrogens (tertiary/aromatic N) is 1. The van der Waals surface area contributed by atoms with Crippen LogP contribution >= 0.6 is 11.6 Å². The highest BCUT2D eigenvalue weighted by molar-refractivity contribution is 6.33. The lowest BCUT2D eigenvalue weighted by Gasteiger charge is -2.29. The number of alkyl halides is 3. The number of H-pyrrole nitrogens is 1. The Morgan fingerprint density at radius 3 is 2.61 bits per heavy atom. The van der Waals surface area contributed by atoms with Gasteiger partial charge in [0.1, 0.15) is 0 Å². The smallest absolute Gasteiger partial charge is 0.368 e. The minimum Gasteiger partial charge on any atom is -0.368 e. The predicted octanol–water partition coefficient (Wildman–Crippen LogP) is 5.64. The number of amides is 1. The summed E-state index contributed by atoms with van der Waals surface area (Å²) in [5.74, 6) is 0.687. The topological polar surface area (TPSA) is 69.8 Å². The number of halogens is 4. The number of nitrogens with one attached hydrogen (secondary N) is 3. The number of hydrogen-bond donors (Lipinski definition) is 3. The zero-order valence-corrected chi connectivity index (χ0v) is 17.4. The van der Waals surface area contributed by atoms with Gasteiger partial charge in [-0.25, -0.2) is 0 Å². The van der Waals surface area contributed by atoms with Crippen molar-refractivity contribution < 1.29 is 18.0 Å². The van der Waals surface area contributed by atoms with Crippen LogP contribution in [-0.4, -0.2) is 28.7 Å². The van der Waals surface area contributed by atoms with Gasteiger partial charge in [-0.15, -0.1) is 0 Å². The van der Waals surface area contributed by atoms with Gasteiger partial charge in [0, 0.05) is 18.0 Å². The Balaban J connectivity index is 1.30. The van der Waals surface area contributed by atoms with Gasteiger partial charge in [-0.2, -0.15) is 18.3 Å². The molecule has 1 heterocycles. The van der Waals surface area contributed by atoms with Crippen molar-refractivity contribution in [2.45, 2.75) is 37.9 Å². The van der Waals surface area contributed by atoms with Crippen LogP contribution in [0.5, 0.6) is 0 Å². The highest BCUT2D eigenvalue weighted by Crippen LogP contribution is 2.32. The quantitative estimate of drug-likeness (QED) is 0.471. The first-order chi connectivity index (χ1) is 14.8. The van der Waals surface area contributed by atoms with Crippen LogP contribution < -0.4 is 10.6 Å². The SMILES string of the molecule is O=C(NC1CCC(CNc2n[nH]c3ccccc23)CC1)c1cc(C(F)(F)F)ccc1Cl. The molecule has 0 spiro atoms. The fourth-order valence-corrected chi connectivity index (χ4v) is 4.19. The first kappa shape index (κ1) is 21.5. The molecule has 1 aromatic heterocycles. The first-order valence-electron chi connectivity index (χ1n) is 10.2. The van der Waals surface area contributed by atoms with Gasteiger partial charge < -0.3 is 10.6 Å². The van der Waals surface area contributed by atoms with Crippen LogP contribution in [0.15, 0.2) is 42.5 Å². The van der Waals surface area contributed by atoms with E-state index in [1.165, 1.54) is 0 Å². The standard InChI is InChI=1S/C22H22ClF3N4O/c23-18-10-7-14(22(24,25)26)11-17(18)21(31)28-15-8-5-13(6-9-15)12-27-20-16-3-1-2-4-19(16)29-30-20/h1-4,7,10-11,13,15H,5-6,8-9,12H2,(H,28,31)(H2,27,29,30). The van der Waals surface area contributed by atoms with Gasteiger partial charge in [-0.1, -0.05) is 23.7 Å². The number of aromatic amines is 1. The summed E-state index contributed by atoms with van der Waals surface area (Å²) < 4.78 is 38.8. The first-order valence-corrected chi connectivity index (χ1v) is 10.5. The van der Waals surface area contributed by atoms with E-state index in [1.807, 2.05) is 24.3 Å². The van der Waals surface area contributed by atoms with Crippen molar-refractivity contribution in [1.82, 2.24) is 15.5 Å². The van der Waals surface area contributed by atoms with Crippen LogP contribution in [0.4, 0.5) is 19.0 Å². The zero-order chi connectivity index (χ0) is 22.0. The van der Waals surface area contributed by atoms with Crippen LogP contribution in [-0.2, 0) is 6.18 Å². The fourth-order valence-electron chi connectivity index (χ4n) is 3.99. The molecule has 0 aliphatic heterocycles. The van der Waals surface area contributed by atoms with E-state index in [2.05, 4.69) is 20.8 Å². The summed E-state index contributed by atoms with van der Waals surface area (Å²) in [7, 11) is 0. The van der Waals surface area contributed by atoms with E-state index >= 15 is 0 Å². The Labute approximate surface area is 182 Å². The molecule has 2 aromatic carbocycles. The Morgan fingerprint density at radius 2 is 1.87 bits per heavy atom. The number of anilines is 1. The third-order valence-electron chi connectivity index (χ3n) is 5.75. The second kappa shape index (κ2) is 8.78. The third-order valence-corrected chi connectivity index (χ3v) is 6.08. The average Bonchev–Trinajstić information content (AvgIpc) is 3.16. The fraction of sp³-hybridized carbons (Fsp3) is 0.364. The number of hydrogen-bond acceptors (Lipinski definition) is 3. The van der Waals surface area contributed by atoms with Crippen molar-refractivity contribution >= 4 is 34.2 Å². The van der Waals surface area contributed by atoms with Gasteiger partial charge in [0.15, 0.2) is 5.82 Å². The molecule has 1 saturated carbocycles. The molecule has 0 radical (unpaired) electrons. The minimum atomic E-state index is -4.52. The molecule has 1 aliphatic rings. The van der Waals surface area contributed by atoms with E-state index in [0.717, 1.165) is 67.1 Å². The van der Waals surface area contributed by atoms with Crippen LogP contribution in [0.2, 0.25) is 5.02 Å². The lowest BCUT2D eigenvalue weighted by Crippen LogP contribution is -2.38. The van der Waals surface area contributed by atoms with Crippen LogP contribution in [0, 0.1) is 5.92 Å². The number of para-hydroxylation sites is 1. The Bertz CT molecular complexity index is 1070. The summed E-state index contributed by atoms with van der Waals surface area (Å²) >= 11 is 5.97. The number of rotatable bonds is 5. The second-order valence-corrected chi connectivity index (χ2v) is 8.29. The normalized spacial score (nSPS) is 19.4. The molecular formula is C22H22ClF3N4O. The van der Waals surface area contributed by atoms with Crippen LogP contribution in [0.25, 0.3) is 10.9 Å². The molecule has 3 aromatic rings. The largest absolute Gasteiger partial charge is 0.416 e. The maximum absolute atomic E-state index is 12.9. The molecule has 0 atom stereocenters. The van der Waals surface area contributed by atoms with E-state index in [1.54, 1.807) is 0 Å². The lowest BCUT2D eigenvalue weighted by molar-refractivity contribution is -0.137. The van der Waals surface area contributed by atoms with Gasteiger partial charge in [0.05, 0.1) is 21.7 Å². The van der Waals surface area contributed by atoms with E-state index in [4.69, 9.17) is 11.6 Å². The molecule has 0 saturated heterocycles. The molecule has 1 fully saturated rings. The number of aromatic nitrogens is 2. The third kappa shape index (κ3) is 4.95. The number of fused-ring (bicyclic) bond motifs is 1. The molecule has 1 aliphatic carbocycles. The van der Waals surface area contributed by atoms with E-state index in [0.29, 0.717) is 5.92 Å². The van der Waals surface area contributed by atoms with Crippen molar-refractivity contribution in [3.8, 4) is 0 Å². The summed E-state index contributed by atoms with van der Waals surface area (Å²) in [6.07, 6.45) is -1.20. The predicted molar refractivity (Wildman–Crippen MR) is 114 cm³/mol. The average molecular weight is 451 g/mol. The Hall–Kier alpha value is -2.74. The number of carbonyl (C=O) groups is 1. The monoisotopic (exact) mass is 450 g/mol. The summed E-state index contributed by atoms with van der Waals surface area (Å²) in [5, 5.41) is 14.6. The van der Waals surface area contributed by atoms with Gasteiger partial charge in [-0.05, 0) is 61.9 Å². The molecular weight excluding hydrogens is 429 g/mol. The highest BCUT2D eigenvalue weighted by Gasteiger charge is 2.32. The van der Waals surface area contributed by atoms with Gasteiger partial charge in [0.2, 0.25) is 0 Å². The van der Waals surface area contributed by atoms with E-state index < -0.39 is 17.6 Å². The molecule has 164 valence electrons. The highest BCUT2D eigenvalue weighted by atomic mass is 35.5. The minimum absolute atomic E-state index is 0.00890. The molecule has 31 heavy (non-hydrogen) atoms. The zero-order valence-electron chi connectivity index (χ0n) is 16.6. The number of carbonyl (C=O) groups excluding carboxylic acids is 1. The van der Waals surface area contributed by atoms with Gasteiger partial charge in [-0.3, -0.25) is 9.89 Å². The van der Waals surface area contributed by atoms with Crippen molar-refractivity contribution in [3.63, 3.8) is 0 Å². The summed E-state index contributed by atoms with van der Waals surface area (Å²) in [5.41, 5.74) is -0.0573. The summed E-state index contributed by atoms with van der Waals surface area (Å²) in [6, 6.07) is 10.6. The second-order valence-electron chi connectivity index (χ2n) is 7.88. The van der Waals surface area contributed by atoms with Gasteiger partial charge >= 0.3 is 6.18 Å². The molecule has 4 rings (SSSR count). The van der Waals surface area contributed by atoms with Crippen LogP contribution in [0.1, 0.15) is 41.6 Å². The molecule has 0 unspecified atom stereocenters. The maximum atomic E-state index is 12.9. The number of benzene rings is 2. The van der Waals surface area contributed by atoms with Crippen molar-refractivity contribution in [2.24, 2.45) is 5.92 Å². The van der Waals surface area contributed by atoms with Crippen LogP contribution in [0.3, 0.4) is 0 Å². The molecule has 9 heteroatoms. The van der Waals surface area contributed by atoms with Crippen molar-refractivity contribution in [1.29, 1.82) is 0 Å². The molecule has 0 bridgehead atoms. The molecule has 1 amide bonds. The maximum Gasteiger partial charge on any atom is 0.416 e. The summed E-state index contributed by atoms with van der Waals surface area (Å²) in [4.78, 5) is 12.5. The van der Waals surface area contributed by atoms with E-state index in [9.17, 15) is 18.0 Å².